The van der Waals surface area contributed by atoms with Crippen molar-refractivity contribution >= 4 is 29.3 Å². The first-order valence-electron chi connectivity index (χ1n) is 11.9. The Morgan fingerprint density at radius 3 is 2.43 bits per heavy atom. The second-order valence-corrected chi connectivity index (χ2v) is 9.55. The summed E-state index contributed by atoms with van der Waals surface area (Å²) in [4.78, 5) is 27.8. The van der Waals surface area contributed by atoms with E-state index < -0.39 is 0 Å². The number of benzene rings is 2. The van der Waals surface area contributed by atoms with E-state index in [4.69, 9.17) is 9.72 Å². The average Bonchev–Trinajstić information content (AvgIpc) is 3.13. The van der Waals surface area contributed by atoms with Crippen LogP contribution in [0.15, 0.2) is 53.4 Å². The number of methoxy groups -OCH3 is 1. The molecule has 7 nitrogen and oxygen atoms in total. The highest BCUT2D eigenvalue weighted by Crippen LogP contribution is 2.26. The van der Waals surface area contributed by atoms with Crippen molar-refractivity contribution in [1.29, 1.82) is 0 Å². The van der Waals surface area contributed by atoms with Gasteiger partial charge in [0.15, 0.2) is 0 Å². The van der Waals surface area contributed by atoms with E-state index in [9.17, 15) is 4.79 Å². The molecular weight excluding hydrogens is 458 g/mol. The lowest BCUT2D eigenvalue weighted by Crippen LogP contribution is -2.38. The molecule has 0 saturated carbocycles. The van der Waals surface area contributed by atoms with Gasteiger partial charge in [-0.05, 0) is 68.5 Å². The van der Waals surface area contributed by atoms with Crippen LogP contribution in [0.25, 0.3) is 0 Å². The van der Waals surface area contributed by atoms with Crippen LogP contribution in [0.3, 0.4) is 0 Å². The van der Waals surface area contributed by atoms with Crippen molar-refractivity contribution in [1.82, 2.24) is 14.9 Å². The highest BCUT2D eigenvalue weighted by molar-refractivity contribution is 7.98. The number of rotatable bonds is 6. The molecule has 1 saturated heterocycles. The van der Waals surface area contributed by atoms with Gasteiger partial charge in [-0.15, -0.1) is 11.8 Å². The molecule has 0 spiro atoms. The second kappa shape index (κ2) is 11.4. The molecule has 1 N–H and O–H groups in total. The molecule has 0 radical (unpaired) electrons. The Labute approximate surface area is 211 Å². The largest absolute Gasteiger partial charge is 0.497 e. The van der Waals surface area contributed by atoms with E-state index in [1.807, 2.05) is 54.5 Å². The van der Waals surface area contributed by atoms with Gasteiger partial charge >= 0.3 is 6.03 Å². The molecule has 2 amide bonds. The number of carbonyl (C=O) groups excluding carboxylic acids is 1. The van der Waals surface area contributed by atoms with Crippen molar-refractivity contribution < 1.29 is 9.53 Å². The number of carbonyl (C=O) groups is 1. The van der Waals surface area contributed by atoms with Crippen molar-refractivity contribution in [3.63, 3.8) is 0 Å². The van der Waals surface area contributed by atoms with Gasteiger partial charge in [0.25, 0.3) is 0 Å². The summed E-state index contributed by atoms with van der Waals surface area (Å²) in [6.45, 7) is 6.91. The van der Waals surface area contributed by atoms with Crippen LogP contribution < -0.4 is 15.0 Å². The summed E-state index contributed by atoms with van der Waals surface area (Å²) in [5.41, 5.74) is 4.13. The predicted molar refractivity (Wildman–Crippen MR) is 143 cm³/mol. The number of thioether (sulfide) groups is 1. The summed E-state index contributed by atoms with van der Waals surface area (Å²) in [7, 11) is 1.68. The van der Waals surface area contributed by atoms with Gasteiger partial charge in [-0.2, -0.15) is 0 Å². The minimum atomic E-state index is -0.0581. The van der Waals surface area contributed by atoms with E-state index in [2.05, 4.69) is 34.3 Å². The highest BCUT2D eigenvalue weighted by atomic mass is 32.2. The molecular formula is C27H33N5O2S. The Bertz CT molecular complexity index is 1150. The maximum absolute atomic E-state index is 12.9. The molecule has 1 fully saturated rings. The average molecular weight is 492 g/mol. The number of urea groups is 1. The third-order valence-corrected chi connectivity index (χ3v) is 7.01. The number of aryl methyl sites for hydroxylation is 2. The first-order chi connectivity index (χ1) is 17.0. The van der Waals surface area contributed by atoms with E-state index in [0.29, 0.717) is 13.1 Å². The summed E-state index contributed by atoms with van der Waals surface area (Å²) in [6, 6.07) is 16.0. The lowest BCUT2D eigenvalue weighted by atomic mass is 10.0. The Balaban J connectivity index is 1.47. The Morgan fingerprint density at radius 1 is 1.00 bits per heavy atom. The number of anilines is 2. The van der Waals surface area contributed by atoms with Crippen LogP contribution in [0.5, 0.6) is 5.75 Å². The van der Waals surface area contributed by atoms with Crippen LogP contribution in [0, 0.1) is 13.8 Å². The maximum Gasteiger partial charge on any atom is 0.321 e. The fourth-order valence-electron chi connectivity index (χ4n) is 4.34. The van der Waals surface area contributed by atoms with E-state index in [-0.39, 0.29) is 6.03 Å². The number of hydrogen-bond acceptors (Lipinski definition) is 6. The third kappa shape index (κ3) is 6.25. The second-order valence-electron chi connectivity index (χ2n) is 8.67. The lowest BCUT2D eigenvalue weighted by Gasteiger charge is -2.26. The fraction of sp³-hybridized carbons (Fsp3) is 0.370. The molecule has 0 aliphatic carbocycles. The van der Waals surface area contributed by atoms with Gasteiger partial charge in [-0.1, -0.05) is 12.1 Å². The van der Waals surface area contributed by atoms with Crippen molar-refractivity contribution in [2.45, 2.75) is 31.6 Å². The predicted octanol–water partition coefficient (Wildman–Crippen LogP) is 5.16. The fourth-order valence-corrected chi connectivity index (χ4v) is 4.75. The standard InChI is InChI=1S/C27H33N5O2S/c1-19-25(18-21-6-10-23(34-3)11-7-21)26(29-20(2)28-19)31-14-5-15-32(17-16-31)27(33)30-22-8-12-24(35-4)13-9-22/h6-13H,5,14-18H2,1-4H3,(H,30,33). The first kappa shape index (κ1) is 24.9. The molecule has 184 valence electrons. The monoisotopic (exact) mass is 491 g/mol. The van der Waals surface area contributed by atoms with E-state index in [1.54, 1.807) is 18.9 Å². The molecule has 35 heavy (non-hydrogen) atoms. The molecule has 2 heterocycles. The van der Waals surface area contributed by atoms with Crippen molar-refractivity contribution in [3.05, 3.63) is 71.2 Å². The van der Waals surface area contributed by atoms with Gasteiger partial charge in [-0.3, -0.25) is 0 Å². The van der Waals surface area contributed by atoms with Crippen LogP contribution in [0.1, 0.15) is 29.1 Å². The molecule has 1 aliphatic heterocycles. The van der Waals surface area contributed by atoms with Crippen LogP contribution >= 0.6 is 11.8 Å². The topological polar surface area (TPSA) is 70.6 Å². The van der Waals surface area contributed by atoms with Gasteiger partial charge in [0.2, 0.25) is 0 Å². The van der Waals surface area contributed by atoms with Crippen molar-refractivity contribution in [2.24, 2.45) is 0 Å². The molecule has 0 unspecified atom stereocenters. The summed E-state index contributed by atoms with van der Waals surface area (Å²) in [5, 5.41) is 3.04. The van der Waals surface area contributed by atoms with Gasteiger partial charge in [-0.25, -0.2) is 14.8 Å². The van der Waals surface area contributed by atoms with Gasteiger partial charge < -0.3 is 19.9 Å². The molecule has 0 bridgehead atoms. The Hall–Kier alpha value is -3.26. The highest BCUT2D eigenvalue weighted by Gasteiger charge is 2.23. The number of nitrogens with one attached hydrogen (secondary N) is 1. The van der Waals surface area contributed by atoms with Crippen LogP contribution in [-0.2, 0) is 6.42 Å². The van der Waals surface area contributed by atoms with Crippen molar-refractivity contribution in [2.75, 3.05) is 49.8 Å². The lowest BCUT2D eigenvalue weighted by molar-refractivity contribution is 0.215. The molecule has 2 aromatic carbocycles. The summed E-state index contributed by atoms with van der Waals surface area (Å²) in [5.74, 6) is 2.58. The number of amides is 2. The van der Waals surface area contributed by atoms with E-state index in [0.717, 1.165) is 60.3 Å². The minimum absolute atomic E-state index is 0.0581. The van der Waals surface area contributed by atoms with Gasteiger partial charge in [0.05, 0.1) is 7.11 Å². The maximum atomic E-state index is 12.9. The molecule has 8 heteroatoms. The first-order valence-corrected chi connectivity index (χ1v) is 13.1. The minimum Gasteiger partial charge on any atom is -0.497 e. The normalized spacial score (nSPS) is 13.9. The number of aromatic nitrogens is 2. The molecule has 1 aliphatic rings. The number of nitrogens with zero attached hydrogens (tertiary/aromatic N) is 4. The Morgan fingerprint density at radius 2 is 1.74 bits per heavy atom. The van der Waals surface area contributed by atoms with Crippen LogP contribution in [0.4, 0.5) is 16.3 Å². The van der Waals surface area contributed by atoms with Crippen LogP contribution in [-0.4, -0.2) is 60.4 Å². The zero-order valence-corrected chi connectivity index (χ0v) is 21.7. The Kier molecular flexibility index (Phi) is 8.13. The zero-order chi connectivity index (χ0) is 24.8. The van der Waals surface area contributed by atoms with Crippen LogP contribution in [0.2, 0.25) is 0 Å². The molecule has 1 aromatic heterocycles. The van der Waals surface area contributed by atoms with Gasteiger partial charge in [0, 0.05) is 54.4 Å². The summed E-state index contributed by atoms with van der Waals surface area (Å²) >= 11 is 1.69. The van der Waals surface area contributed by atoms with E-state index >= 15 is 0 Å². The number of ether oxygens (including phenoxy) is 1. The summed E-state index contributed by atoms with van der Waals surface area (Å²) < 4.78 is 5.30. The van der Waals surface area contributed by atoms with Crippen molar-refractivity contribution in [3.8, 4) is 5.75 Å². The van der Waals surface area contributed by atoms with Gasteiger partial charge in [0.1, 0.15) is 17.4 Å². The molecule has 0 atom stereocenters. The molecule has 3 aromatic rings. The summed E-state index contributed by atoms with van der Waals surface area (Å²) in [6.07, 6.45) is 3.67. The zero-order valence-electron chi connectivity index (χ0n) is 20.9. The third-order valence-electron chi connectivity index (χ3n) is 6.27. The molecule has 4 rings (SSSR count). The smallest absolute Gasteiger partial charge is 0.321 e. The number of hydrogen-bond donors (Lipinski definition) is 1. The van der Waals surface area contributed by atoms with E-state index in [1.165, 1.54) is 10.5 Å². The SMILES string of the molecule is COc1ccc(Cc2c(C)nc(C)nc2N2CCCN(C(=O)Nc3ccc(SC)cc3)CC2)cc1. The quantitative estimate of drug-likeness (QED) is 0.481.